The van der Waals surface area contributed by atoms with Gasteiger partial charge in [-0.3, -0.25) is 11.5 Å². The predicted molar refractivity (Wildman–Crippen MR) is 63.9 cm³/mol. The van der Waals surface area contributed by atoms with Gasteiger partial charge in [0.25, 0.3) is 0 Å². The van der Waals surface area contributed by atoms with E-state index in [1.165, 1.54) is 0 Å². The molecule has 5 nitrogen and oxygen atoms in total. The Labute approximate surface area is 102 Å². The molecule has 0 aromatic heterocycles. The minimum Gasteiger partial charge on any atom is -0.289 e. The monoisotopic (exact) mass is 256 g/mol. The van der Waals surface area contributed by atoms with Crippen LogP contribution in [0.25, 0.3) is 0 Å². The van der Waals surface area contributed by atoms with Gasteiger partial charge in [-0.1, -0.05) is 29.3 Å². The SMILES string of the molecule is N#CC=N[N+](=C(N)N)c1cccc(Cl)c1Cl. The Bertz CT molecular complexity index is 497. The van der Waals surface area contributed by atoms with Crippen LogP contribution in [0.1, 0.15) is 0 Å². The van der Waals surface area contributed by atoms with Gasteiger partial charge in [0.2, 0.25) is 0 Å². The maximum Gasteiger partial charge on any atom is 0.370 e. The molecule has 4 N–H and O–H groups in total. The van der Waals surface area contributed by atoms with Crippen LogP contribution < -0.4 is 11.5 Å². The highest BCUT2D eigenvalue weighted by Crippen LogP contribution is 2.31. The van der Waals surface area contributed by atoms with Crippen LogP contribution >= 0.6 is 23.2 Å². The van der Waals surface area contributed by atoms with E-state index >= 15 is 0 Å². The Morgan fingerprint density at radius 3 is 2.69 bits per heavy atom. The quantitative estimate of drug-likeness (QED) is 0.363. The number of hydrogen-bond acceptors (Lipinski definition) is 2. The van der Waals surface area contributed by atoms with Crippen molar-refractivity contribution < 1.29 is 4.68 Å². The van der Waals surface area contributed by atoms with E-state index in [9.17, 15) is 0 Å². The Kier molecular flexibility index (Phi) is 4.11. The first-order valence-corrected chi connectivity index (χ1v) is 4.87. The van der Waals surface area contributed by atoms with Gasteiger partial charge in [-0.15, -0.1) is 9.79 Å². The third-order valence-corrected chi connectivity index (χ3v) is 2.44. The zero-order valence-electron chi connectivity index (χ0n) is 8.06. The van der Waals surface area contributed by atoms with Gasteiger partial charge in [0.15, 0.2) is 0 Å². The number of nitrogens with two attached hydrogens (primary N) is 2. The molecule has 0 saturated carbocycles. The molecular formula is C9H8Cl2N5+. The predicted octanol–water partition coefficient (Wildman–Crippen LogP) is 1.42. The second-order valence-corrected chi connectivity index (χ2v) is 3.47. The molecule has 0 fully saturated rings. The van der Waals surface area contributed by atoms with Gasteiger partial charge in [-0.2, -0.15) is 5.26 Å². The first kappa shape index (κ1) is 12.3. The molecular weight excluding hydrogens is 249 g/mol. The summed E-state index contributed by atoms with van der Waals surface area (Å²) in [6.45, 7) is 0. The maximum atomic E-state index is 8.39. The molecule has 1 aromatic rings. The summed E-state index contributed by atoms with van der Waals surface area (Å²) in [6.07, 6.45) is 0.983. The lowest BCUT2D eigenvalue weighted by Gasteiger charge is -2.04. The zero-order chi connectivity index (χ0) is 12.1. The smallest absolute Gasteiger partial charge is 0.289 e. The molecule has 0 spiro atoms. The number of halogens is 2. The van der Waals surface area contributed by atoms with E-state index < -0.39 is 0 Å². The van der Waals surface area contributed by atoms with Crippen LogP contribution in [0, 0.1) is 11.3 Å². The summed E-state index contributed by atoms with van der Waals surface area (Å²) in [4.78, 5) is 0. The first-order chi connectivity index (χ1) is 7.57. The van der Waals surface area contributed by atoms with Crippen LogP contribution in [-0.4, -0.2) is 16.9 Å². The molecule has 0 aliphatic carbocycles. The number of hydrogen-bond donors (Lipinski definition) is 2. The van der Waals surface area contributed by atoms with E-state index in [4.69, 9.17) is 39.9 Å². The van der Waals surface area contributed by atoms with Crippen LogP contribution in [0.4, 0.5) is 5.69 Å². The third kappa shape index (κ3) is 2.63. The lowest BCUT2D eigenvalue weighted by atomic mass is 10.3. The summed E-state index contributed by atoms with van der Waals surface area (Å²) >= 11 is 11.8. The molecule has 1 aromatic carbocycles. The Balaban J connectivity index is 3.36. The maximum absolute atomic E-state index is 8.39. The second kappa shape index (κ2) is 5.35. The van der Waals surface area contributed by atoms with Crippen molar-refractivity contribution in [2.24, 2.45) is 16.6 Å². The Morgan fingerprint density at radius 2 is 2.12 bits per heavy atom. The number of guanidine groups is 1. The van der Waals surface area contributed by atoms with Crippen molar-refractivity contribution in [2.45, 2.75) is 0 Å². The van der Waals surface area contributed by atoms with Crippen molar-refractivity contribution in [3.8, 4) is 6.07 Å². The summed E-state index contributed by atoms with van der Waals surface area (Å²) in [7, 11) is 0. The summed E-state index contributed by atoms with van der Waals surface area (Å²) in [5, 5.41) is 12.7. The fraction of sp³-hybridized carbons (Fsp3) is 0. The van der Waals surface area contributed by atoms with Gasteiger partial charge in [0, 0.05) is 0 Å². The largest absolute Gasteiger partial charge is 0.370 e. The highest BCUT2D eigenvalue weighted by molar-refractivity contribution is 6.43. The topological polar surface area (TPSA) is 91.2 Å². The molecule has 7 heteroatoms. The third-order valence-electron chi connectivity index (χ3n) is 1.63. The molecule has 0 bridgehead atoms. The summed E-state index contributed by atoms with van der Waals surface area (Å²) < 4.78 is 1.12. The molecule has 0 aliphatic heterocycles. The average Bonchev–Trinajstić information content (AvgIpc) is 2.24. The van der Waals surface area contributed by atoms with E-state index in [0.29, 0.717) is 10.7 Å². The van der Waals surface area contributed by atoms with E-state index in [2.05, 4.69) is 5.10 Å². The number of benzene rings is 1. The van der Waals surface area contributed by atoms with E-state index in [-0.39, 0.29) is 11.0 Å². The number of nitrogens with zero attached hydrogens (tertiary/aromatic N) is 3. The number of rotatable bonds is 2. The summed E-state index contributed by atoms with van der Waals surface area (Å²) in [5.74, 6) is -0.115. The van der Waals surface area contributed by atoms with Crippen molar-refractivity contribution in [1.29, 1.82) is 5.26 Å². The van der Waals surface area contributed by atoms with Gasteiger partial charge < -0.3 is 0 Å². The van der Waals surface area contributed by atoms with Gasteiger partial charge in [0.1, 0.15) is 23.0 Å². The minimum absolute atomic E-state index is 0.115. The molecule has 0 atom stereocenters. The first-order valence-electron chi connectivity index (χ1n) is 4.12. The van der Waals surface area contributed by atoms with E-state index in [1.807, 2.05) is 0 Å². The standard InChI is InChI=1S/C9H7Cl2N5/c10-6-2-1-3-7(8(6)11)16(9(13)14)15-5-4-12/h1-3,5H,(H3,13,14)/p+1. The lowest BCUT2D eigenvalue weighted by molar-refractivity contribution is -0.446. The molecule has 0 heterocycles. The van der Waals surface area contributed by atoms with Crippen LogP contribution in [-0.2, 0) is 0 Å². The Morgan fingerprint density at radius 1 is 1.44 bits per heavy atom. The number of nitriles is 1. The van der Waals surface area contributed by atoms with Crippen LogP contribution in [0.2, 0.25) is 10.0 Å². The summed E-state index contributed by atoms with van der Waals surface area (Å²) in [6, 6.07) is 6.64. The highest BCUT2D eigenvalue weighted by Gasteiger charge is 2.13. The molecule has 0 aliphatic rings. The van der Waals surface area contributed by atoms with E-state index in [1.54, 1.807) is 24.3 Å². The van der Waals surface area contributed by atoms with Crippen molar-refractivity contribution in [2.75, 3.05) is 0 Å². The van der Waals surface area contributed by atoms with Gasteiger partial charge in [-0.25, -0.2) is 0 Å². The van der Waals surface area contributed by atoms with Crippen LogP contribution in [0.15, 0.2) is 23.3 Å². The molecule has 0 radical (unpaired) electrons. The molecule has 0 unspecified atom stereocenters. The molecule has 1 rings (SSSR count). The molecule has 0 saturated heterocycles. The molecule has 0 amide bonds. The second-order valence-electron chi connectivity index (χ2n) is 2.68. The van der Waals surface area contributed by atoms with Crippen LogP contribution in [0.3, 0.4) is 0 Å². The number of hydrazone groups is 1. The molecule has 16 heavy (non-hydrogen) atoms. The van der Waals surface area contributed by atoms with Gasteiger partial charge in [0.05, 0.1) is 5.02 Å². The zero-order valence-corrected chi connectivity index (χ0v) is 9.57. The highest BCUT2D eigenvalue weighted by atomic mass is 35.5. The Hall–Kier alpha value is -1.77. The van der Waals surface area contributed by atoms with Gasteiger partial charge >= 0.3 is 5.96 Å². The fourth-order valence-electron chi connectivity index (χ4n) is 1.01. The normalized spacial score (nSPS) is 10.1. The average molecular weight is 257 g/mol. The van der Waals surface area contributed by atoms with Crippen molar-refractivity contribution in [3.05, 3.63) is 28.2 Å². The van der Waals surface area contributed by atoms with Crippen LogP contribution in [0.5, 0.6) is 0 Å². The fourth-order valence-corrected chi connectivity index (χ4v) is 1.38. The van der Waals surface area contributed by atoms with Gasteiger partial charge in [-0.05, 0) is 12.1 Å². The van der Waals surface area contributed by atoms with E-state index in [0.717, 1.165) is 10.9 Å². The van der Waals surface area contributed by atoms with Crippen molar-refractivity contribution in [3.63, 3.8) is 0 Å². The lowest BCUT2D eigenvalue weighted by Crippen LogP contribution is -2.31. The van der Waals surface area contributed by atoms with Crippen molar-refractivity contribution >= 4 is 41.1 Å². The van der Waals surface area contributed by atoms with Crippen molar-refractivity contribution in [1.82, 2.24) is 0 Å². The minimum atomic E-state index is -0.115. The summed E-state index contributed by atoms with van der Waals surface area (Å²) in [5.41, 5.74) is 11.3. The molecule has 82 valence electrons.